The van der Waals surface area contributed by atoms with Crippen molar-refractivity contribution in [3.05, 3.63) is 0 Å². The summed E-state index contributed by atoms with van der Waals surface area (Å²) in [5, 5.41) is 2.69. The summed E-state index contributed by atoms with van der Waals surface area (Å²) in [4.78, 5) is 13.3. The van der Waals surface area contributed by atoms with Gasteiger partial charge in [0.15, 0.2) is 0 Å². The van der Waals surface area contributed by atoms with Gasteiger partial charge < -0.3 is 10.2 Å². The van der Waals surface area contributed by atoms with Crippen LogP contribution in [0.1, 0.15) is 20.8 Å². The van der Waals surface area contributed by atoms with Crippen molar-refractivity contribution in [2.75, 3.05) is 26.2 Å². The lowest BCUT2D eigenvalue weighted by Gasteiger charge is -2.23. The summed E-state index contributed by atoms with van der Waals surface area (Å²) >= 11 is 0. The van der Waals surface area contributed by atoms with Gasteiger partial charge in [0.2, 0.25) is 5.91 Å². The lowest BCUT2D eigenvalue weighted by molar-refractivity contribution is -0.323. The standard InChI is InChI=1S/C10H19F3N2O2/c1-4-15(5-2)9(16)8(3)14-6-7-17-10(11,12)13/h8,14H,4-7H2,1-3H3. The van der Waals surface area contributed by atoms with Gasteiger partial charge in [0.05, 0.1) is 12.6 Å². The summed E-state index contributed by atoms with van der Waals surface area (Å²) in [5.74, 6) is -0.123. The van der Waals surface area contributed by atoms with Crippen LogP contribution < -0.4 is 5.32 Å². The van der Waals surface area contributed by atoms with Gasteiger partial charge in [0.1, 0.15) is 0 Å². The van der Waals surface area contributed by atoms with Gasteiger partial charge in [-0.1, -0.05) is 0 Å². The molecule has 4 nitrogen and oxygen atoms in total. The number of amides is 1. The third-order valence-electron chi connectivity index (χ3n) is 2.26. The highest BCUT2D eigenvalue weighted by atomic mass is 19.4. The Labute approximate surface area is 99.1 Å². The van der Waals surface area contributed by atoms with Gasteiger partial charge >= 0.3 is 6.36 Å². The molecule has 0 heterocycles. The second-order valence-corrected chi connectivity index (χ2v) is 3.48. The van der Waals surface area contributed by atoms with Crippen molar-refractivity contribution in [1.82, 2.24) is 10.2 Å². The molecular formula is C10H19F3N2O2. The molecular weight excluding hydrogens is 237 g/mol. The fourth-order valence-corrected chi connectivity index (χ4v) is 1.34. The maximum Gasteiger partial charge on any atom is 0.522 e. The van der Waals surface area contributed by atoms with Gasteiger partial charge in [-0.2, -0.15) is 0 Å². The fraction of sp³-hybridized carbons (Fsp3) is 0.900. The largest absolute Gasteiger partial charge is 0.522 e. The first-order valence-electron chi connectivity index (χ1n) is 5.54. The van der Waals surface area contributed by atoms with E-state index >= 15 is 0 Å². The highest BCUT2D eigenvalue weighted by molar-refractivity contribution is 5.81. The summed E-state index contributed by atoms with van der Waals surface area (Å²) in [6, 6.07) is -0.508. The van der Waals surface area contributed by atoms with E-state index in [1.807, 2.05) is 13.8 Å². The number of alkyl halides is 3. The number of nitrogens with one attached hydrogen (secondary N) is 1. The van der Waals surface area contributed by atoms with Crippen molar-refractivity contribution in [3.63, 3.8) is 0 Å². The van der Waals surface area contributed by atoms with Crippen molar-refractivity contribution in [2.45, 2.75) is 33.2 Å². The molecule has 102 valence electrons. The van der Waals surface area contributed by atoms with Crippen LogP contribution in [-0.4, -0.2) is 49.5 Å². The zero-order valence-electron chi connectivity index (χ0n) is 10.3. The van der Waals surface area contributed by atoms with Crippen LogP contribution in [-0.2, 0) is 9.53 Å². The topological polar surface area (TPSA) is 41.6 Å². The first kappa shape index (κ1) is 16.2. The number of hydrogen-bond acceptors (Lipinski definition) is 3. The van der Waals surface area contributed by atoms with Gasteiger partial charge in [-0.25, -0.2) is 0 Å². The Morgan fingerprint density at radius 1 is 1.35 bits per heavy atom. The van der Waals surface area contributed by atoms with Crippen molar-refractivity contribution >= 4 is 5.91 Å². The minimum Gasteiger partial charge on any atom is -0.342 e. The predicted molar refractivity (Wildman–Crippen MR) is 57.4 cm³/mol. The van der Waals surface area contributed by atoms with E-state index in [1.165, 1.54) is 0 Å². The highest BCUT2D eigenvalue weighted by Gasteiger charge is 2.28. The molecule has 0 spiro atoms. The number of likely N-dealkylation sites (N-methyl/N-ethyl adjacent to an activating group) is 1. The van der Waals surface area contributed by atoms with E-state index in [1.54, 1.807) is 11.8 Å². The number of halogens is 3. The fourth-order valence-electron chi connectivity index (χ4n) is 1.34. The van der Waals surface area contributed by atoms with E-state index in [0.29, 0.717) is 13.1 Å². The van der Waals surface area contributed by atoms with Gasteiger partial charge in [-0.15, -0.1) is 13.2 Å². The van der Waals surface area contributed by atoms with E-state index < -0.39 is 19.0 Å². The molecule has 1 atom stereocenters. The molecule has 0 radical (unpaired) electrons. The van der Waals surface area contributed by atoms with E-state index in [4.69, 9.17) is 0 Å². The lowest BCUT2D eigenvalue weighted by Crippen LogP contribution is -2.45. The normalized spacial score (nSPS) is 13.5. The maximum atomic E-state index is 11.7. The Morgan fingerprint density at radius 2 is 1.88 bits per heavy atom. The molecule has 0 aromatic heterocycles. The van der Waals surface area contributed by atoms with Gasteiger partial charge in [-0.05, 0) is 20.8 Å². The van der Waals surface area contributed by atoms with Crippen molar-refractivity contribution < 1.29 is 22.7 Å². The molecule has 1 N–H and O–H groups in total. The molecule has 7 heteroatoms. The lowest BCUT2D eigenvalue weighted by atomic mass is 10.3. The van der Waals surface area contributed by atoms with E-state index in [0.717, 1.165) is 0 Å². The Balaban J connectivity index is 3.86. The zero-order chi connectivity index (χ0) is 13.5. The molecule has 0 saturated carbocycles. The number of ether oxygens (including phenoxy) is 1. The van der Waals surface area contributed by atoms with Crippen LogP contribution in [0.4, 0.5) is 13.2 Å². The van der Waals surface area contributed by atoms with Crippen LogP contribution >= 0.6 is 0 Å². The average molecular weight is 256 g/mol. The molecule has 1 amide bonds. The van der Waals surface area contributed by atoms with Crippen LogP contribution in [0.3, 0.4) is 0 Å². The summed E-state index contributed by atoms with van der Waals surface area (Å²) in [7, 11) is 0. The summed E-state index contributed by atoms with van der Waals surface area (Å²) in [6.07, 6.45) is -4.62. The number of carbonyl (C=O) groups excluding carboxylic acids is 1. The smallest absolute Gasteiger partial charge is 0.342 e. The Bertz CT molecular complexity index is 230. The molecule has 0 aliphatic heterocycles. The maximum absolute atomic E-state index is 11.7. The van der Waals surface area contributed by atoms with Gasteiger partial charge in [0.25, 0.3) is 0 Å². The summed E-state index contributed by atoms with van der Waals surface area (Å²) < 4.78 is 38.5. The number of rotatable bonds is 7. The Morgan fingerprint density at radius 3 is 2.29 bits per heavy atom. The van der Waals surface area contributed by atoms with Crippen LogP contribution in [0.5, 0.6) is 0 Å². The third kappa shape index (κ3) is 7.17. The molecule has 0 aliphatic rings. The molecule has 0 aromatic rings. The van der Waals surface area contributed by atoms with Crippen molar-refractivity contribution in [3.8, 4) is 0 Å². The molecule has 0 rings (SSSR count). The van der Waals surface area contributed by atoms with Crippen molar-refractivity contribution in [1.29, 1.82) is 0 Å². The van der Waals surface area contributed by atoms with Gasteiger partial charge in [-0.3, -0.25) is 9.53 Å². The minimum atomic E-state index is -4.62. The van der Waals surface area contributed by atoms with E-state index in [2.05, 4.69) is 10.1 Å². The van der Waals surface area contributed by atoms with Crippen LogP contribution in [0.25, 0.3) is 0 Å². The predicted octanol–water partition coefficient (Wildman–Crippen LogP) is 1.37. The first-order valence-corrected chi connectivity index (χ1v) is 5.54. The number of hydrogen-bond donors (Lipinski definition) is 1. The van der Waals surface area contributed by atoms with Crippen molar-refractivity contribution in [2.24, 2.45) is 0 Å². The summed E-state index contributed by atoms with van der Waals surface area (Å²) in [5.41, 5.74) is 0. The quantitative estimate of drug-likeness (QED) is 0.699. The second-order valence-electron chi connectivity index (χ2n) is 3.48. The number of carbonyl (C=O) groups is 1. The zero-order valence-corrected chi connectivity index (χ0v) is 10.3. The highest BCUT2D eigenvalue weighted by Crippen LogP contribution is 2.15. The molecule has 0 fully saturated rings. The molecule has 0 saturated heterocycles. The number of nitrogens with zero attached hydrogens (tertiary/aromatic N) is 1. The monoisotopic (exact) mass is 256 g/mol. The SMILES string of the molecule is CCN(CC)C(=O)C(C)NCCOC(F)(F)F. The van der Waals surface area contributed by atoms with Crippen LogP contribution in [0.15, 0.2) is 0 Å². The molecule has 0 aliphatic carbocycles. The summed E-state index contributed by atoms with van der Waals surface area (Å²) in [6.45, 7) is 5.96. The Hall–Kier alpha value is -0.820. The Kier molecular flexibility index (Phi) is 7.13. The van der Waals surface area contributed by atoms with Gasteiger partial charge in [0, 0.05) is 19.6 Å². The van der Waals surface area contributed by atoms with E-state index in [9.17, 15) is 18.0 Å². The molecule has 0 bridgehead atoms. The molecule has 17 heavy (non-hydrogen) atoms. The second kappa shape index (κ2) is 7.50. The minimum absolute atomic E-state index is 0.0202. The first-order chi connectivity index (χ1) is 7.81. The molecule has 0 aromatic carbocycles. The third-order valence-corrected chi connectivity index (χ3v) is 2.26. The van der Waals surface area contributed by atoms with Crippen LogP contribution in [0.2, 0.25) is 0 Å². The van der Waals surface area contributed by atoms with E-state index in [-0.39, 0.29) is 12.5 Å². The average Bonchev–Trinajstić information content (AvgIpc) is 2.24. The van der Waals surface area contributed by atoms with Crippen LogP contribution in [0, 0.1) is 0 Å². The molecule has 1 unspecified atom stereocenters.